The molecule has 0 aromatic carbocycles. The lowest BCUT2D eigenvalue weighted by molar-refractivity contribution is -0.122. The van der Waals surface area contributed by atoms with Gasteiger partial charge in [0.2, 0.25) is 5.91 Å². The predicted octanol–water partition coefficient (Wildman–Crippen LogP) is 1.60. The fourth-order valence-electron chi connectivity index (χ4n) is 3.77. The van der Waals surface area contributed by atoms with Crippen LogP contribution in [0.25, 0.3) is 0 Å². The first-order valence-electron chi connectivity index (χ1n) is 9.04. The Labute approximate surface area is 143 Å². The van der Waals surface area contributed by atoms with Gasteiger partial charge in [0.1, 0.15) is 11.5 Å². The lowest BCUT2D eigenvalue weighted by Gasteiger charge is -2.33. The van der Waals surface area contributed by atoms with Crippen LogP contribution < -0.4 is 11.1 Å². The molecule has 1 aliphatic heterocycles. The van der Waals surface area contributed by atoms with E-state index in [9.17, 15) is 4.79 Å². The van der Waals surface area contributed by atoms with Crippen LogP contribution in [0.15, 0.2) is 16.5 Å². The van der Waals surface area contributed by atoms with Crippen molar-refractivity contribution in [3.8, 4) is 0 Å². The van der Waals surface area contributed by atoms with E-state index in [2.05, 4.69) is 10.2 Å². The first-order chi connectivity index (χ1) is 11.6. The third-order valence-corrected chi connectivity index (χ3v) is 5.23. The molecular weight excluding hydrogens is 306 g/mol. The number of nitrogens with zero attached hydrogens (tertiary/aromatic N) is 1. The maximum atomic E-state index is 12.3. The Kier molecular flexibility index (Phi) is 5.92. The molecule has 24 heavy (non-hydrogen) atoms. The Morgan fingerprint density at radius 1 is 1.38 bits per heavy atom. The zero-order chi connectivity index (χ0) is 16.9. The van der Waals surface area contributed by atoms with E-state index in [4.69, 9.17) is 14.9 Å². The molecule has 2 aliphatic rings. The Bertz CT molecular complexity index is 539. The Morgan fingerprint density at radius 3 is 2.79 bits per heavy atom. The number of rotatable bonds is 6. The minimum atomic E-state index is 0.0591. The van der Waals surface area contributed by atoms with Gasteiger partial charge < -0.3 is 20.2 Å². The van der Waals surface area contributed by atoms with Gasteiger partial charge in [0.25, 0.3) is 0 Å². The van der Waals surface area contributed by atoms with Gasteiger partial charge in [0.15, 0.2) is 0 Å². The van der Waals surface area contributed by atoms with Crippen LogP contribution in [-0.2, 0) is 9.53 Å². The van der Waals surface area contributed by atoms with Gasteiger partial charge in [0.05, 0.1) is 19.3 Å². The van der Waals surface area contributed by atoms with E-state index in [-0.39, 0.29) is 18.0 Å². The van der Waals surface area contributed by atoms with Gasteiger partial charge in [-0.1, -0.05) is 6.42 Å². The summed E-state index contributed by atoms with van der Waals surface area (Å²) >= 11 is 0. The number of nitrogens with one attached hydrogen (secondary N) is 1. The van der Waals surface area contributed by atoms with E-state index in [1.54, 1.807) is 0 Å². The maximum Gasteiger partial charge on any atom is 0.220 e. The quantitative estimate of drug-likeness (QED) is 0.825. The highest BCUT2D eigenvalue weighted by Crippen LogP contribution is 2.27. The molecule has 3 N–H and O–H groups in total. The normalized spacial score (nSPS) is 26.4. The summed E-state index contributed by atoms with van der Waals surface area (Å²) in [6.45, 7) is 5.66. The zero-order valence-electron chi connectivity index (χ0n) is 14.5. The molecule has 1 saturated heterocycles. The largest absolute Gasteiger partial charge is 0.465 e. The molecule has 6 nitrogen and oxygen atoms in total. The molecule has 1 aromatic heterocycles. The first-order valence-corrected chi connectivity index (χ1v) is 9.04. The van der Waals surface area contributed by atoms with Crippen molar-refractivity contribution in [1.82, 2.24) is 10.2 Å². The molecule has 1 unspecified atom stereocenters. The number of hydrogen-bond donors (Lipinski definition) is 2. The Hall–Kier alpha value is -1.37. The van der Waals surface area contributed by atoms with Crippen molar-refractivity contribution < 1.29 is 13.9 Å². The van der Waals surface area contributed by atoms with Gasteiger partial charge in [-0.3, -0.25) is 9.69 Å². The number of aryl methyl sites for hydroxylation is 1. The summed E-state index contributed by atoms with van der Waals surface area (Å²) in [5, 5.41) is 3.10. The van der Waals surface area contributed by atoms with Crippen molar-refractivity contribution in [1.29, 1.82) is 0 Å². The number of amides is 1. The van der Waals surface area contributed by atoms with E-state index >= 15 is 0 Å². The highest BCUT2D eigenvalue weighted by molar-refractivity contribution is 5.76. The molecule has 1 amide bonds. The molecule has 3 atom stereocenters. The monoisotopic (exact) mass is 335 g/mol. The molecule has 1 aromatic rings. The number of furan rings is 1. The SMILES string of the molecule is Cc1ccc(C(CNC(=O)C[C@@H]2CCC[C@H]2N)N2CCOCC2)o1. The molecule has 134 valence electrons. The summed E-state index contributed by atoms with van der Waals surface area (Å²) in [5.41, 5.74) is 6.08. The molecule has 2 heterocycles. The molecule has 0 bridgehead atoms. The van der Waals surface area contributed by atoms with Gasteiger partial charge in [-0.05, 0) is 37.8 Å². The summed E-state index contributed by atoms with van der Waals surface area (Å²) < 4.78 is 11.3. The molecule has 0 radical (unpaired) electrons. The van der Waals surface area contributed by atoms with Crippen LogP contribution in [0.3, 0.4) is 0 Å². The Morgan fingerprint density at radius 2 is 2.17 bits per heavy atom. The van der Waals surface area contributed by atoms with Crippen LogP contribution in [-0.4, -0.2) is 49.7 Å². The lowest BCUT2D eigenvalue weighted by Crippen LogP contribution is -2.44. The summed E-state index contributed by atoms with van der Waals surface area (Å²) in [4.78, 5) is 14.7. The van der Waals surface area contributed by atoms with Crippen LogP contribution in [0, 0.1) is 12.8 Å². The minimum absolute atomic E-state index is 0.0591. The number of morpholine rings is 1. The lowest BCUT2D eigenvalue weighted by atomic mass is 10.00. The third kappa shape index (κ3) is 4.37. The maximum absolute atomic E-state index is 12.3. The number of nitrogens with two attached hydrogens (primary N) is 1. The van der Waals surface area contributed by atoms with Crippen molar-refractivity contribution in [2.75, 3.05) is 32.8 Å². The molecule has 1 aliphatic carbocycles. The summed E-state index contributed by atoms with van der Waals surface area (Å²) in [6.07, 6.45) is 3.79. The van der Waals surface area contributed by atoms with Crippen molar-refractivity contribution in [2.45, 2.75) is 44.7 Å². The average molecular weight is 335 g/mol. The summed E-state index contributed by atoms with van der Waals surface area (Å²) in [6, 6.07) is 4.22. The highest BCUT2D eigenvalue weighted by atomic mass is 16.5. The molecule has 1 saturated carbocycles. The first kappa shape index (κ1) is 17.5. The minimum Gasteiger partial charge on any atom is -0.465 e. The fraction of sp³-hybridized carbons (Fsp3) is 0.722. The van der Waals surface area contributed by atoms with Crippen LogP contribution in [0.1, 0.15) is 43.2 Å². The van der Waals surface area contributed by atoms with Crippen LogP contribution >= 0.6 is 0 Å². The molecule has 6 heteroatoms. The predicted molar refractivity (Wildman–Crippen MR) is 91.5 cm³/mol. The molecule has 0 spiro atoms. The topological polar surface area (TPSA) is 80.7 Å². The fourth-order valence-corrected chi connectivity index (χ4v) is 3.77. The highest BCUT2D eigenvalue weighted by Gasteiger charge is 2.28. The van der Waals surface area contributed by atoms with Crippen LogP contribution in [0.2, 0.25) is 0 Å². The van der Waals surface area contributed by atoms with E-state index in [0.717, 1.165) is 57.1 Å². The van der Waals surface area contributed by atoms with Gasteiger partial charge in [-0.2, -0.15) is 0 Å². The number of ether oxygens (including phenoxy) is 1. The second-order valence-corrected chi connectivity index (χ2v) is 6.98. The standard InChI is InChI=1S/C18H29N3O3/c1-13-5-6-17(24-13)16(21-7-9-23-10-8-21)12-20-18(22)11-14-3-2-4-15(14)19/h5-6,14-16H,2-4,7-12,19H2,1H3,(H,20,22)/t14-,15+,16?/m0/s1. The second-order valence-electron chi connectivity index (χ2n) is 6.98. The van der Waals surface area contributed by atoms with Crippen molar-refractivity contribution in [3.63, 3.8) is 0 Å². The molecule has 3 rings (SSSR count). The third-order valence-electron chi connectivity index (χ3n) is 5.23. The second kappa shape index (κ2) is 8.14. The van der Waals surface area contributed by atoms with E-state index in [1.807, 2.05) is 19.1 Å². The van der Waals surface area contributed by atoms with Gasteiger partial charge in [0, 0.05) is 32.1 Å². The Balaban J connectivity index is 1.58. The van der Waals surface area contributed by atoms with E-state index < -0.39 is 0 Å². The number of carbonyl (C=O) groups is 1. The van der Waals surface area contributed by atoms with Gasteiger partial charge in [-0.15, -0.1) is 0 Å². The molecule has 2 fully saturated rings. The number of hydrogen-bond acceptors (Lipinski definition) is 5. The van der Waals surface area contributed by atoms with Crippen molar-refractivity contribution in [3.05, 3.63) is 23.7 Å². The van der Waals surface area contributed by atoms with Crippen molar-refractivity contribution in [2.24, 2.45) is 11.7 Å². The average Bonchev–Trinajstić information content (AvgIpc) is 3.18. The van der Waals surface area contributed by atoms with Gasteiger partial charge in [-0.25, -0.2) is 0 Å². The molecular formula is C18H29N3O3. The summed E-state index contributed by atoms with van der Waals surface area (Å²) in [5.74, 6) is 2.23. The van der Waals surface area contributed by atoms with Crippen LogP contribution in [0.4, 0.5) is 0 Å². The van der Waals surface area contributed by atoms with E-state index in [1.165, 1.54) is 0 Å². The smallest absolute Gasteiger partial charge is 0.220 e. The van der Waals surface area contributed by atoms with E-state index in [0.29, 0.717) is 18.9 Å². The number of carbonyl (C=O) groups excluding carboxylic acids is 1. The van der Waals surface area contributed by atoms with Crippen LogP contribution in [0.5, 0.6) is 0 Å². The summed E-state index contributed by atoms with van der Waals surface area (Å²) in [7, 11) is 0. The zero-order valence-corrected chi connectivity index (χ0v) is 14.5. The van der Waals surface area contributed by atoms with Crippen molar-refractivity contribution >= 4 is 5.91 Å². The van der Waals surface area contributed by atoms with Gasteiger partial charge >= 0.3 is 0 Å².